The SMILES string of the molecule is CCCN(CCO)C(=O)C(=O)NCC(N)=S. The lowest BCUT2D eigenvalue weighted by Gasteiger charge is -2.20. The van der Waals surface area contributed by atoms with Crippen LogP contribution in [-0.4, -0.2) is 53.1 Å². The van der Waals surface area contributed by atoms with E-state index in [-0.39, 0.29) is 24.7 Å². The highest BCUT2D eigenvalue weighted by molar-refractivity contribution is 7.80. The van der Waals surface area contributed by atoms with Gasteiger partial charge in [-0.25, -0.2) is 0 Å². The van der Waals surface area contributed by atoms with Crippen molar-refractivity contribution in [2.75, 3.05) is 26.2 Å². The minimum atomic E-state index is -0.755. The fourth-order valence-electron chi connectivity index (χ4n) is 1.09. The lowest BCUT2D eigenvalue weighted by Crippen LogP contribution is -2.46. The minimum Gasteiger partial charge on any atom is -0.395 e. The Morgan fingerprint density at radius 3 is 2.50 bits per heavy atom. The Bertz CT molecular complexity index is 265. The number of nitrogens with one attached hydrogen (secondary N) is 1. The number of hydrogen-bond donors (Lipinski definition) is 3. The lowest BCUT2D eigenvalue weighted by atomic mass is 10.3. The molecule has 7 heteroatoms. The Kier molecular flexibility index (Phi) is 7.40. The standard InChI is InChI=1S/C9H17N3O3S/c1-2-3-12(4-5-13)9(15)8(14)11-6-7(10)16/h13H,2-6H2,1H3,(H2,10,16)(H,11,14). The normalized spacial score (nSPS) is 9.62. The van der Waals surface area contributed by atoms with Crippen molar-refractivity contribution in [1.29, 1.82) is 0 Å². The van der Waals surface area contributed by atoms with E-state index in [4.69, 9.17) is 10.8 Å². The Hall–Kier alpha value is -1.21. The van der Waals surface area contributed by atoms with Crippen LogP contribution in [0.15, 0.2) is 0 Å². The maximum Gasteiger partial charge on any atom is 0.311 e. The lowest BCUT2D eigenvalue weighted by molar-refractivity contribution is -0.146. The van der Waals surface area contributed by atoms with Crippen molar-refractivity contribution < 1.29 is 14.7 Å². The Labute approximate surface area is 99.8 Å². The van der Waals surface area contributed by atoms with Gasteiger partial charge in [0, 0.05) is 13.1 Å². The van der Waals surface area contributed by atoms with Gasteiger partial charge in [-0.1, -0.05) is 19.1 Å². The number of thiocarbonyl (C=S) groups is 1. The van der Waals surface area contributed by atoms with Crippen molar-refractivity contribution in [2.45, 2.75) is 13.3 Å². The molecule has 0 spiro atoms. The van der Waals surface area contributed by atoms with E-state index in [9.17, 15) is 9.59 Å². The van der Waals surface area contributed by atoms with Crippen LogP contribution < -0.4 is 11.1 Å². The average molecular weight is 247 g/mol. The largest absolute Gasteiger partial charge is 0.395 e. The molecule has 0 rings (SSSR count). The summed E-state index contributed by atoms with van der Waals surface area (Å²) in [4.78, 5) is 24.3. The van der Waals surface area contributed by atoms with Gasteiger partial charge in [0.15, 0.2) is 0 Å². The number of carbonyl (C=O) groups excluding carboxylic acids is 2. The van der Waals surface area contributed by atoms with Gasteiger partial charge in [-0.2, -0.15) is 0 Å². The van der Waals surface area contributed by atoms with Crippen molar-refractivity contribution in [3.05, 3.63) is 0 Å². The molecule has 2 amide bonds. The first-order chi connectivity index (χ1) is 7.52. The van der Waals surface area contributed by atoms with Gasteiger partial charge in [0.25, 0.3) is 0 Å². The van der Waals surface area contributed by atoms with Crippen LogP contribution in [0.2, 0.25) is 0 Å². The smallest absolute Gasteiger partial charge is 0.311 e. The van der Waals surface area contributed by atoms with Crippen LogP contribution in [0.1, 0.15) is 13.3 Å². The van der Waals surface area contributed by atoms with Gasteiger partial charge in [-0.15, -0.1) is 0 Å². The third-order valence-corrected chi connectivity index (χ3v) is 1.91. The van der Waals surface area contributed by atoms with Gasteiger partial charge in [-0.3, -0.25) is 9.59 Å². The zero-order valence-electron chi connectivity index (χ0n) is 9.23. The molecule has 0 saturated carbocycles. The molecule has 0 aromatic heterocycles. The monoisotopic (exact) mass is 247 g/mol. The van der Waals surface area contributed by atoms with E-state index in [2.05, 4.69) is 17.5 Å². The topological polar surface area (TPSA) is 95.7 Å². The first kappa shape index (κ1) is 14.8. The second kappa shape index (κ2) is 8.00. The van der Waals surface area contributed by atoms with Gasteiger partial charge in [0.1, 0.15) is 0 Å². The van der Waals surface area contributed by atoms with Crippen LogP contribution in [0.25, 0.3) is 0 Å². The van der Waals surface area contributed by atoms with E-state index < -0.39 is 11.8 Å². The summed E-state index contributed by atoms with van der Waals surface area (Å²) in [5, 5.41) is 11.0. The number of aliphatic hydroxyl groups is 1. The average Bonchev–Trinajstić information content (AvgIpc) is 2.24. The van der Waals surface area contributed by atoms with Crippen LogP contribution >= 0.6 is 12.2 Å². The molecule has 0 aromatic rings. The summed E-state index contributed by atoms with van der Waals surface area (Å²) in [6.07, 6.45) is 0.717. The third kappa shape index (κ3) is 5.62. The highest BCUT2D eigenvalue weighted by atomic mass is 32.1. The van der Waals surface area contributed by atoms with E-state index in [1.165, 1.54) is 4.90 Å². The highest BCUT2D eigenvalue weighted by Crippen LogP contribution is 1.92. The molecule has 16 heavy (non-hydrogen) atoms. The van der Waals surface area contributed by atoms with E-state index in [0.29, 0.717) is 13.0 Å². The summed E-state index contributed by atoms with van der Waals surface area (Å²) < 4.78 is 0. The molecule has 0 bridgehead atoms. The molecule has 0 aliphatic rings. The summed E-state index contributed by atoms with van der Waals surface area (Å²) in [5.41, 5.74) is 5.19. The molecule has 4 N–H and O–H groups in total. The van der Waals surface area contributed by atoms with E-state index in [1.54, 1.807) is 0 Å². The molecule has 6 nitrogen and oxygen atoms in total. The van der Waals surface area contributed by atoms with Crippen LogP contribution in [0.3, 0.4) is 0 Å². The zero-order chi connectivity index (χ0) is 12.6. The van der Waals surface area contributed by atoms with Crippen molar-refractivity contribution in [2.24, 2.45) is 5.73 Å². The first-order valence-electron chi connectivity index (χ1n) is 4.99. The quantitative estimate of drug-likeness (QED) is 0.397. The minimum absolute atomic E-state index is 0.000995. The van der Waals surface area contributed by atoms with Gasteiger partial charge in [0.05, 0.1) is 18.1 Å². The summed E-state index contributed by atoms with van der Waals surface area (Å²) in [7, 11) is 0. The number of nitrogens with two attached hydrogens (primary N) is 1. The predicted molar refractivity (Wildman–Crippen MR) is 63.8 cm³/mol. The summed E-state index contributed by atoms with van der Waals surface area (Å²) >= 11 is 4.57. The van der Waals surface area contributed by atoms with Gasteiger partial charge in [0.2, 0.25) is 0 Å². The van der Waals surface area contributed by atoms with Gasteiger partial charge >= 0.3 is 11.8 Å². The zero-order valence-corrected chi connectivity index (χ0v) is 10.0. The van der Waals surface area contributed by atoms with Crippen molar-refractivity contribution in [3.63, 3.8) is 0 Å². The molecule has 0 unspecified atom stereocenters. The number of nitrogens with zero attached hydrogens (tertiary/aromatic N) is 1. The Morgan fingerprint density at radius 2 is 2.06 bits per heavy atom. The fourth-order valence-corrected chi connectivity index (χ4v) is 1.16. The molecule has 92 valence electrons. The maximum atomic E-state index is 11.6. The van der Waals surface area contributed by atoms with E-state index in [0.717, 1.165) is 0 Å². The van der Waals surface area contributed by atoms with Crippen molar-refractivity contribution in [1.82, 2.24) is 10.2 Å². The van der Waals surface area contributed by atoms with Crippen LogP contribution in [0, 0.1) is 0 Å². The summed E-state index contributed by atoms with van der Waals surface area (Å²) in [6, 6.07) is 0. The summed E-state index contributed by atoms with van der Waals surface area (Å²) in [6.45, 7) is 2.28. The first-order valence-corrected chi connectivity index (χ1v) is 5.40. The van der Waals surface area contributed by atoms with Crippen LogP contribution in [0.5, 0.6) is 0 Å². The molecule has 0 aromatic carbocycles. The fraction of sp³-hybridized carbons (Fsp3) is 0.667. The van der Waals surface area contributed by atoms with Crippen LogP contribution in [0.4, 0.5) is 0 Å². The van der Waals surface area contributed by atoms with Crippen molar-refractivity contribution >= 4 is 29.0 Å². The maximum absolute atomic E-state index is 11.6. The second-order valence-corrected chi connectivity index (χ2v) is 3.69. The predicted octanol–water partition coefficient (Wildman–Crippen LogP) is -1.38. The van der Waals surface area contributed by atoms with E-state index >= 15 is 0 Å². The molecule has 0 fully saturated rings. The number of carbonyl (C=O) groups is 2. The van der Waals surface area contributed by atoms with Gasteiger partial charge < -0.3 is 21.1 Å². The Morgan fingerprint density at radius 1 is 1.44 bits per heavy atom. The number of aliphatic hydroxyl groups excluding tert-OH is 1. The number of amides is 2. The highest BCUT2D eigenvalue weighted by Gasteiger charge is 2.20. The third-order valence-electron chi connectivity index (χ3n) is 1.77. The molecule has 0 saturated heterocycles. The molecule has 0 radical (unpaired) electrons. The molecule has 0 atom stereocenters. The van der Waals surface area contributed by atoms with E-state index in [1.807, 2.05) is 6.92 Å². The number of hydrogen-bond acceptors (Lipinski definition) is 4. The van der Waals surface area contributed by atoms with Crippen molar-refractivity contribution in [3.8, 4) is 0 Å². The van der Waals surface area contributed by atoms with Gasteiger partial charge in [-0.05, 0) is 6.42 Å². The second-order valence-electron chi connectivity index (χ2n) is 3.16. The van der Waals surface area contributed by atoms with Crippen LogP contribution in [-0.2, 0) is 9.59 Å². The summed E-state index contributed by atoms with van der Waals surface area (Å²) in [5.74, 6) is -1.43. The molecule has 0 heterocycles. The molecule has 0 aliphatic heterocycles. The molecule has 0 aliphatic carbocycles. The molecular weight excluding hydrogens is 230 g/mol. The molecular formula is C9H17N3O3S. The Balaban J connectivity index is 4.25. The number of rotatable bonds is 6.